The summed E-state index contributed by atoms with van der Waals surface area (Å²) in [6, 6.07) is 6.83. The van der Waals surface area contributed by atoms with Gasteiger partial charge in [0.2, 0.25) is 0 Å². The zero-order valence-corrected chi connectivity index (χ0v) is 12.3. The van der Waals surface area contributed by atoms with Crippen molar-refractivity contribution in [1.29, 1.82) is 0 Å². The molecule has 0 spiro atoms. The first-order chi connectivity index (χ1) is 9.63. The monoisotopic (exact) mass is 293 g/mol. The normalized spacial score (nSPS) is 10.7. The van der Waals surface area contributed by atoms with Crippen molar-refractivity contribution in [3.05, 3.63) is 41.5 Å². The van der Waals surface area contributed by atoms with Crippen LogP contribution >= 0.6 is 11.8 Å². The van der Waals surface area contributed by atoms with Gasteiger partial charge in [-0.15, -0.1) is 0 Å². The van der Waals surface area contributed by atoms with Gasteiger partial charge in [-0.05, 0) is 48.6 Å². The van der Waals surface area contributed by atoms with Crippen LogP contribution in [0.4, 0.5) is 0 Å². The molecule has 108 valence electrons. The summed E-state index contributed by atoms with van der Waals surface area (Å²) in [4.78, 5) is 22.2. The van der Waals surface area contributed by atoms with Crippen LogP contribution in [0.25, 0.3) is 6.08 Å². The molecule has 20 heavy (non-hydrogen) atoms. The Morgan fingerprint density at radius 3 is 2.55 bits per heavy atom. The van der Waals surface area contributed by atoms with Gasteiger partial charge in [-0.3, -0.25) is 4.79 Å². The fourth-order valence-electron chi connectivity index (χ4n) is 1.59. The van der Waals surface area contributed by atoms with Crippen molar-refractivity contribution in [2.24, 2.45) is 0 Å². The Balaban J connectivity index is 2.43. The molecule has 0 heterocycles. The fourth-order valence-corrected chi connectivity index (χ4v) is 2.08. The van der Waals surface area contributed by atoms with Crippen LogP contribution in [-0.4, -0.2) is 35.5 Å². The zero-order chi connectivity index (χ0) is 14.8. The minimum absolute atomic E-state index is 0.0945. The molecule has 1 aromatic carbocycles. The second-order valence-electron chi connectivity index (χ2n) is 4.25. The Labute approximate surface area is 123 Å². The minimum Gasteiger partial charge on any atom is -0.478 e. The van der Waals surface area contributed by atoms with Crippen LogP contribution in [0.2, 0.25) is 0 Å². The Hall–Kier alpha value is -1.75. The van der Waals surface area contributed by atoms with Crippen molar-refractivity contribution >= 4 is 29.7 Å². The van der Waals surface area contributed by atoms with Crippen molar-refractivity contribution in [1.82, 2.24) is 5.32 Å². The third-order valence-corrected chi connectivity index (χ3v) is 3.35. The molecular weight excluding hydrogens is 274 g/mol. The predicted octanol–water partition coefficient (Wildman–Crippen LogP) is 2.66. The highest BCUT2D eigenvalue weighted by atomic mass is 32.2. The number of carboxylic acid groups (broad SMARTS) is 1. The van der Waals surface area contributed by atoms with Gasteiger partial charge in [0, 0.05) is 18.2 Å². The molecule has 1 aromatic rings. The molecule has 0 aliphatic heterocycles. The average molecular weight is 293 g/mol. The molecule has 0 bridgehead atoms. The van der Waals surface area contributed by atoms with Gasteiger partial charge in [0.05, 0.1) is 0 Å². The molecule has 1 amide bonds. The number of hydrogen-bond donors (Lipinski definition) is 2. The Morgan fingerprint density at radius 2 is 1.95 bits per heavy atom. The van der Waals surface area contributed by atoms with E-state index in [0.717, 1.165) is 30.2 Å². The molecule has 2 N–H and O–H groups in total. The zero-order valence-electron chi connectivity index (χ0n) is 11.5. The number of rotatable bonds is 8. The van der Waals surface area contributed by atoms with Crippen molar-refractivity contribution in [3.63, 3.8) is 0 Å². The number of amides is 1. The van der Waals surface area contributed by atoms with Gasteiger partial charge in [0.25, 0.3) is 5.91 Å². The largest absolute Gasteiger partial charge is 0.478 e. The first kappa shape index (κ1) is 16.3. The van der Waals surface area contributed by atoms with Gasteiger partial charge in [-0.2, -0.15) is 11.8 Å². The van der Waals surface area contributed by atoms with Crippen LogP contribution in [0.1, 0.15) is 28.8 Å². The van der Waals surface area contributed by atoms with Gasteiger partial charge in [0.1, 0.15) is 0 Å². The summed E-state index contributed by atoms with van der Waals surface area (Å²) in [7, 11) is 0. The second kappa shape index (κ2) is 9.20. The quantitative estimate of drug-likeness (QED) is 0.571. The summed E-state index contributed by atoms with van der Waals surface area (Å²) in [5.74, 6) is 0.0282. The first-order valence-electron chi connectivity index (χ1n) is 6.41. The van der Waals surface area contributed by atoms with E-state index in [0.29, 0.717) is 12.1 Å². The van der Waals surface area contributed by atoms with E-state index >= 15 is 0 Å². The third-order valence-electron chi connectivity index (χ3n) is 2.65. The molecule has 1 rings (SSSR count). The Morgan fingerprint density at radius 1 is 1.25 bits per heavy atom. The lowest BCUT2D eigenvalue weighted by atomic mass is 10.1. The highest BCUT2D eigenvalue weighted by Gasteiger charge is 2.03. The van der Waals surface area contributed by atoms with E-state index in [9.17, 15) is 9.59 Å². The number of hydrogen-bond acceptors (Lipinski definition) is 3. The molecule has 4 nitrogen and oxygen atoms in total. The molecule has 0 saturated heterocycles. The number of unbranched alkanes of at least 4 members (excludes halogenated alkanes) is 1. The molecule has 0 unspecified atom stereocenters. The van der Waals surface area contributed by atoms with Gasteiger partial charge < -0.3 is 10.4 Å². The number of carboxylic acids is 1. The van der Waals surface area contributed by atoms with Crippen LogP contribution in [0.15, 0.2) is 30.3 Å². The summed E-state index contributed by atoms with van der Waals surface area (Å²) in [5.41, 5.74) is 1.34. The van der Waals surface area contributed by atoms with Crippen LogP contribution in [0, 0.1) is 0 Å². The van der Waals surface area contributed by atoms with E-state index < -0.39 is 5.97 Å². The molecule has 0 radical (unpaired) electrons. The third kappa shape index (κ3) is 6.43. The maximum absolute atomic E-state index is 11.8. The van der Waals surface area contributed by atoms with Crippen LogP contribution in [0.3, 0.4) is 0 Å². The lowest BCUT2D eigenvalue weighted by molar-refractivity contribution is -0.131. The van der Waals surface area contributed by atoms with Crippen molar-refractivity contribution in [2.45, 2.75) is 12.8 Å². The molecule has 0 atom stereocenters. The summed E-state index contributed by atoms with van der Waals surface area (Å²) in [5, 5.41) is 11.4. The number of thioether (sulfide) groups is 1. The molecule has 0 saturated carbocycles. The lowest BCUT2D eigenvalue weighted by Gasteiger charge is -2.05. The number of benzene rings is 1. The number of aliphatic carboxylic acids is 1. The summed E-state index contributed by atoms with van der Waals surface area (Å²) >= 11 is 1.80. The minimum atomic E-state index is -0.989. The Kier molecular flexibility index (Phi) is 7.50. The van der Waals surface area contributed by atoms with E-state index in [1.165, 1.54) is 6.08 Å². The molecule has 0 fully saturated rings. The van der Waals surface area contributed by atoms with Crippen LogP contribution in [0.5, 0.6) is 0 Å². The van der Waals surface area contributed by atoms with Gasteiger partial charge >= 0.3 is 5.97 Å². The summed E-state index contributed by atoms with van der Waals surface area (Å²) in [6.45, 7) is 0.681. The molecular formula is C15H19NO3S. The fraction of sp³-hybridized carbons (Fsp3) is 0.333. The van der Waals surface area contributed by atoms with E-state index in [1.54, 1.807) is 36.0 Å². The number of nitrogens with one attached hydrogen (secondary N) is 1. The molecule has 5 heteroatoms. The average Bonchev–Trinajstić information content (AvgIpc) is 2.45. The van der Waals surface area contributed by atoms with E-state index in [4.69, 9.17) is 5.11 Å². The second-order valence-corrected chi connectivity index (χ2v) is 5.23. The Bertz CT molecular complexity index is 469. The molecule has 0 aliphatic rings. The van der Waals surface area contributed by atoms with Crippen LogP contribution in [-0.2, 0) is 4.79 Å². The first-order valence-corrected chi connectivity index (χ1v) is 7.81. The highest BCUT2D eigenvalue weighted by molar-refractivity contribution is 7.98. The van der Waals surface area contributed by atoms with Gasteiger partial charge in [-0.1, -0.05) is 12.1 Å². The van der Waals surface area contributed by atoms with Crippen molar-refractivity contribution < 1.29 is 14.7 Å². The van der Waals surface area contributed by atoms with Gasteiger partial charge in [-0.25, -0.2) is 4.79 Å². The lowest BCUT2D eigenvalue weighted by Crippen LogP contribution is -2.24. The maximum Gasteiger partial charge on any atom is 0.328 e. The summed E-state index contributed by atoms with van der Waals surface area (Å²) < 4.78 is 0. The highest BCUT2D eigenvalue weighted by Crippen LogP contribution is 2.06. The number of carbonyl (C=O) groups excluding carboxylic acids is 1. The maximum atomic E-state index is 11.8. The topological polar surface area (TPSA) is 66.4 Å². The molecule has 0 aliphatic carbocycles. The van der Waals surface area contributed by atoms with Crippen LogP contribution < -0.4 is 5.32 Å². The van der Waals surface area contributed by atoms with Crippen molar-refractivity contribution in [2.75, 3.05) is 18.6 Å². The van der Waals surface area contributed by atoms with E-state index in [-0.39, 0.29) is 5.91 Å². The van der Waals surface area contributed by atoms with Gasteiger partial charge in [0.15, 0.2) is 0 Å². The SMILES string of the molecule is CSCCCCNC(=O)c1ccc(/C=C/C(=O)O)cc1. The molecule has 0 aromatic heterocycles. The number of carbonyl (C=O) groups is 2. The smallest absolute Gasteiger partial charge is 0.328 e. The van der Waals surface area contributed by atoms with Crippen molar-refractivity contribution in [3.8, 4) is 0 Å². The summed E-state index contributed by atoms with van der Waals surface area (Å²) in [6.07, 6.45) is 6.71. The van der Waals surface area contributed by atoms with E-state index in [1.807, 2.05) is 0 Å². The predicted molar refractivity (Wildman–Crippen MR) is 83.1 cm³/mol. The van der Waals surface area contributed by atoms with E-state index in [2.05, 4.69) is 11.6 Å². The standard InChI is InChI=1S/C15H19NO3S/c1-20-11-3-2-10-16-15(19)13-7-4-12(5-8-13)6-9-14(17)18/h4-9H,2-3,10-11H2,1H3,(H,16,19)(H,17,18)/b9-6+.